The molecule has 0 bridgehead atoms. The van der Waals surface area contributed by atoms with Gasteiger partial charge in [-0.15, -0.1) is 0 Å². The number of hydrogen-bond donors (Lipinski definition) is 1. The molecule has 7 heteroatoms. The van der Waals surface area contributed by atoms with Crippen LogP contribution in [0.25, 0.3) is 0 Å². The standard InChI is InChI=1S/C22H27N5O2/c28-21-18-14-26(12-15-3-2-8-23-11-15)9-7-19(18)24-20(25-21)17-6-10-27(13-17)22(29)16-4-1-5-16/h2-3,8,11,16-17H,1,4-7,9-10,12-14H2,(H,24,25,28). The second kappa shape index (κ2) is 7.71. The van der Waals surface area contributed by atoms with Crippen LogP contribution >= 0.6 is 0 Å². The van der Waals surface area contributed by atoms with E-state index in [4.69, 9.17) is 4.98 Å². The molecule has 7 nitrogen and oxygen atoms in total. The molecule has 2 aromatic heterocycles. The number of nitrogens with zero attached hydrogens (tertiary/aromatic N) is 4. The summed E-state index contributed by atoms with van der Waals surface area (Å²) in [5.74, 6) is 1.43. The van der Waals surface area contributed by atoms with Crippen molar-refractivity contribution in [3.8, 4) is 0 Å². The molecule has 1 N–H and O–H groups in total. The van der Waals surface area contributed by atoms with Gasteiger partial charge in [0.15, 0.2) is 0 Å². The first-order chi connectivity index (χ1) is 14.2. The third-order valence-corrected chi connectivity index (χ3v) is 6.64. The van der Waals surface area contributed by atoms with Gasteiger partial charge in [-0.25, -0.2) is 4.98 Å². The largest absolute Gasteiger partial charge is 0.342 e. The Bertz CT molecular complexity index is 953. The van der Waals surface area contributed by atoms with E-state index in [0.29, 0.717) is 19.0 Å². The first-order valence-electron chi connectivity index (χ1n) is 10.7. The number of nitrogens with one attached hydrogen (secondary N) is 1. The number of aromatic nitrogens is 3. The first-order valence-corrected chi connectivity index (χ1v) is 10.7. The number of carbonyl (C=O) groups is 1. The van der Waals surface area contributed by atoms with E-state index in [0.717, 1.165) is 68.0 Å². The maximum atomic E-state index is 12.8. The summed E-state index contributed by atoms with van der Waals surface area (Å²) in [7, 11) is 0. The predicted molar refractivity (Wildman–Crippen MR) is 108 cm³/mol. The highest BCUT2D eigenvalue weighted by molar-refractivity contribution is 5.80. The van der Waals surface area contributed by atoms with Crippen molar-refractivity contribution in [1.29, 1.82) is 0 Å². The van der Waals surface area contributed by atoms with Crippen molar-refractivity contribution in [2.45, 2.75) is 51.1 Å². The van der Waals surface area contributed by atoms with Gasteiger partial charge < -0.3 is 9.88 Å². The fourth-order valence-corrected chi connectivity index (χ4v) is 4.68. The van der Waals surface area contributed by atoms with Gasteiger partial charge in [0.05, 0.1) is 11.3 Å². The van der Waals surface area contributed by atoms with Crippen LogP contribution in [0.5, 0.6) is 0 Å². The van der Waals surface area contributed by atoms with Crippen molar-refractivity contribution in [2.75, 3.05) is 19.6 Å². The van der Waals surface area contributed by atoms with Crippen molar-refractivity contribution < 1.29 is 4.79 Å². The summed E-state index contributed by atoms with van der Waals surface area (Å²) in [6.45, 7) is 3.75. The van der Waals surface area contributed by atoms with E-state index in [1.54, 1.807) is 6.20 Å². The molecule has 0 aromatic carbocycles. The molecule has 2 aromatic rings. The summed E-state index contributed by atoms with van der Waals surface area (Å²) in [5.41, 5.74) is 2.84. The zero-order chi connectivity index (χ0) is 19.8. The van der Waals surface area contributed by atoms with Gasteiger partial charge in [-0.05, 0) is 30.9 Å². The highest BCUT2D eigenvalue weighted by Crippen LogP contribution is 2.32. The number of amides is 1. The van der Waals surface area contributed by atoms with Gasteiger partial charge in [-0.2, -0.15) is 0 Å². The van der Waals surface area contributed by atoms with E-state index in [-0.39, 0.29) is 17.4 Å². The molecule has 3 aliphatic rings. The highest BCUT2D eigenvalue weighted by Gasteiger charge is 2.35. The maximum Gasteiger partial charge on any atom is 0.255 e. The van der Waals surface area contributed by atoms with Crippen LogP contribution in [-0.4, -0.2) is 50.3 Å². The molecular weight excluding hydrogens is 366 g/mol. The molecule has 1 atom stereocenters. The molecule has 1 unspecified atom stereocenters. The van der Waals surface area contributed by atoms with Crippen LogP contribution in [0.1, 0.15) is 54.2 Å². The Morgan fingerprint density at radius 1 is 1.24 bits per heavy atom. The summed E-state index contributed by atoms with van der Waals surface area (Å²) < 4.78 is 0. The smallest absolute Gasteiger partial charge is 0.255 e. The van der Waals surface area contributed by atoms with E-state index in [2.05, 4.69) is 20.9 Å². The minimum absolute atomic E-state index is 0.0235. The van der Waals surface area contributed by atoms with E-state index < -0.39 is 0 Å². The van der Waals surface area contributed by atoms with Crippen molar-refractivity contribution in [3.63, 3.8) is 0 Å². The fraction of sp³-hybridized carbons (Fsp3) is 0.545. The zero-order valence-corrected chi connectivity index (χ0v) is 16.6. The van der Waals surface area contributed by atoms with Crippen LogP contribution in [0.2, 0.25) is 0 Å². The van der Waals surface area contributed by atoms with Gasteiger partial charge in [0.2, 0.25) is 5.91 Å². The van der Waals surface area contributed by atoms with Crippen LogP contribution in [0.4, 0.5) is 0 Å². The van der Waals surface area contributed by atoms with Crippen LogP contribution in [0, 0.1) is 5.92 Å². The second-order valence-electron chi connectivity index (χ2n) is 8.60. The predicted octanol–water partition coefficient (Wildman–Crippen LogP) is 1.84. The minimum atomic E-state index is -0.0235. The lowest BCUT2D eigenvalue weighted by Crippen LogP contribution is -2.38. The van der Waals surface area contributed by atoms with Crippen molar-refractivity contribution >= 4 is 5.91 Å². The second-order valence-corrected chi connectivity index (χ2v) is 8.60. The molecule has 1 saturated heterocycles. The number of H-pyrrole nitrogens is 1. The van der Waals surface area contributed by atoms with E-state index in [9.17, 15) is 9.59 Å². The molecular formula is C22H27N5O2. The molecule has 2 fully saturated rings. The van der Waals surface area contributed by atoms with E-state index in [1.807, 2.05) is 17.2 Å². The molecule has 2 aliphatic heterocycles. The topological polar surface area (TPSA) is 82.2 Å². The maximum absolute atomic E-state index is 12.8. The molecule has 1 saturated carbocycles. The van der Waals surface area contributed by atoms with Gasteiger partial charge in [0.1, 0.15) is 5.82 Å². The molecule has 1 aliphatic carbocycles. The zero-order valence-electron chi connectivity index (χ0n) is 16.6. The van der Waals surface area contributed by atoms with Crippen LogP contribution in [0.15, 0.2) is 29.3 Å². The van der Waals surface area contributed by atoms with Gasteiger partial charge in [0.25, 0.3) is 5.56 Å². The van der Waals surface area contributed by atoms with Crippen LogP contribution < -0.4 is 5.56 Å². The average molecular weight is 393 g/mol. The lowest BCUT2D eigenvalue weighted by Gasteiger charge is -2.29. The van der Waals surface area contributed by atoms with Gasteiger partial charge in [-0.1, -0.05) is 12.5 Å². The Morgan fingerprint density at radius 2 is 2.14 bits per heavy atom. The molecule has 29 heavy (non-hydrogen) atoms. The van der Waals surface area contributed by atoms with Crippen molar-refractivity contribution in [3.05, 3.63) is 57.5 Å². The Labute approximate surface area is 170 Å². The monoisotopic (exact) mass is 393 g/mol. The number of fused-ring (bicyclic) bond motifs is 1. The fourth-order valence-electron chi connectivity index (χ4n) is 4.68. The van der Waals surface area contributed by atoms with Crippen LogP contribution in [-0.2, 0) is 24.3 Å². The number of carbonyl (C=O) groups excluding carboxylic acids is 1. The molecule has 1 amide bonds. The number of hydrogen-bond acceptors (Lipinski definition) is 5. The summed E-state index contributed by atoms with van der Waals surface area (Å²) in [4.78, 5) is 41.6. The molecule has 5 rings (SSSR count). The van der Waals surface area contributed by atoms with Gasteiger partial charge in [-0.3, -0.25) is 19.5 Å². The normalized spacial score (nSPS) is 22.3. The lowest BCUT2D eigenvalue weighted by molar-refractivity contribution is -0.137. The molecule has 152 valence electrons. The lowest BCUT2D eigenvalue weighted by atomic mass is 9.84. The van der Waals surface area contributed by atoms with Gasteiger partial charge >= 0.3 is 0 Å². The number of aromatic amines is 1. The number of likely N-dealkylation sites (tertiary alicyclic amines) is 1. The molecule has 0 spiro atoms. The SMILES string of the molecule is O=C(C1CCC1)N1CCC(c2nc3c(c(=O)[nH]2)CN(Cc2cccnc2)CC3)C1. The quantitative estimate of drug-likeness (QED) is 0.857. The van der Waals surface area contributed by atoms with E-state index in [1.165, 1.54) is 6.42 Å². The van der Waals surface area contributed by atoms with Crippen molar-refractivity contribution in [1.82, 2.24) is 24.8 Å². The number of rotatable bonds is 4. The van der Waals surface area contributed by atoms with E-state index >= 15 is 0 Å². The molecule has 0 radical (unpaired) electrons. The Balaban J connectivity index is 1.28. The van der Waals surface area contributed by atoms with Crippen molar-refractivity contribution in [2.24, 2.45) is 5.92 Å². The average Bonchev–Trinajstić information content (AvgIpc) is 3.18. The highest BCUT2D eigenvalue weighted by atomic mass is 16.2. The summed E-state index contributed by atoms with van der Waals surface area (Å²) in [5, 5.41) is 0. The summed E-state index contributed by atoms with van der Waals surface area (Å²) in [6.07, 6.45) is 8.54. The summed E-state index contributed by atoms with van der Waals surface area (Å²) >= 11 is 0. The Morgan fingerprint density at radius 3 is 2.90 bits per heavy atom. The van der Waals surface area contributed by atoms with Crippen LogP contribution in [0.3, 0.4) is 0 Å². The summed E-state index contributed by atoms with van der Waals surface area (Å²) in [6, 6.07) is 4.00. The number of pyridine rings is 1. The minimum Gasteiger partial charge on any atom is -0.342 e. The first kappa shape index (κ1) is 18.5. The Kier molecular flexibility index (Phi) is 4.91. The third-order valence-electron chi connectivity index (χ3n) is 6.64. The molecule has 4 heterocycles. The Hall–Kier alpha value is -2.54. The van der Waals surface area contributed by atoms with Gasteiger partial charge in [0, 0.05) is 63.4 Å². The third kappa shape index (κ3) is 3.71.